The normalized spacial score (nSPS) is 13.4. The fourth-order valence-corrected chi connectivity index (χ4v) is 12.5. The first-order chi connectivity index (χ1) is 31.9. The van der Waals surface area contributed by atoms with Gasteiger partial charge in [0.05, 0.1) is 11.6 Å². The van der Waals surface area contributed by atoms with E-state index in [1.807, 2.05) is 42.6 Å². The van der Waals surface area contributed by atoms with Gasteiger partial charge in [0.15, 0.2) is 0 Å². The first kappa shape index (κ1) is 46.1. The quantitative estimate of drug-likeness (QED) is 0.118. The average Bonchev–Trinajstić information content (AvgIpc) is 4.01. The topological polar surface area (TPSA) is 67.2 Å². The van der Waals surface area contributed by atoms with Crippen molar-refractivity contribution in [3.8, 4) is 28.3 Å². The molecule has 0 radical (unpaired) electrons. The summed E-state index contributed by atoms with van der Waals surface area (Å²) < 4.78 is 23.2. The Kier molecular flexibility index (Phi) is 12.7. The van der Waals surface area contributed by atoms with E-state index in [0.717, 1.165) is 53.6 Å². The Morgan fingerprint density at radius 1 is 0.761 bits per heavy atom. The number of furan rings is 1. The monoisotopic (exact) mass is 1130 g/mol. The molecule has 0 saturated carbocycles. The molecule has 67 heavy (non-hydrogen) atoms. The molecule has 3 aromatic heterocycles. The van der Waals surface area contributed by atoms with Crippen LogP contribution in [-0.2, 0) is 20.1 Å². The minimum absolute atomic E-state index is 0. The molecule has 0 N–H and O–H groups in total. The summed E-state index contributed by atoms with van der Waals surface area (Å²) in [6.45, 7) is 9.10. The maximum atomic E-state index is 13.2. The molecule has 1 aliphatic rings. The number of para-hydroxylation sites is 2. The fourth-order valence-electron chi connectivity index (χ4n) is 9.00. The fraction of sp³-hybridized carbons (Fsp3) is 0.172. The van der Waals surface area contributed by atoms with Crippen LogP contribution in [-0.4, -0.2) is 18.3 Å². The number of aromatic nitrogens is 1. The van der Waals surface area contributed by atoms with E-state index in [9.17, 15) is 9.65 Å². The number of halogens is 1. The summed E-state index contributed by atoms with van der Waals surface area (Å²) in [6.07, 6.45) is 1.61. The largest absolute Gasteiger partial charge is 3.00 e. The van der Waals surface area contributed by atoms with E-state index < -0.39 is 13.3 Å². The van der Waals surface area contributed by atoms with Crippen molar-refractivity contribution in [2.45, 2.75) is 63.0 Å². The van der Waals surface area contributed by atoms with Crippen molar-refractivity contribution in [3.63, 3.8) is 0 Å². The molecule has 332 valence electrons. The Labute approximate surface area is 412 Å². The Morgan fingerprint density at radius 2 is 1.43 bits per heavy atom. The first-order valence-corrected chi connectivity index (χ1v) is 30.6. The zero-order valence-corrected chi connectivity index (χ0v) is 43.7. The molecule has 0 saturated heterocycles. The van der Waals surface area contributed by atoms with Crippen molar-refractivity contribution in [1.82, 2.24) is 4.98 Å². The van der Waals surface area contributed by atoms with Crippen LogP contribution in [0.3, 0.4) is 0 Å². The SMILES string of the molecule is CC(C)c1cc(-c2ccc(-c3ccccc3)cc2)cc(C(C)C)c1N1c2ccccc2[N-]C1c1[c-]ccc2c1oc1cc(C#N)ccc12.[CH3][Ge]([CH3])([CH3])[c]1cnc2c(c1)sc1cc(F)c[c-]c12.[Ir+3]. The third-order valence-corrected chi connectivity index (χ3v) is 17.8. The molecule has 1 aliphatic heterocycles. The summed E-state index contributed by atoms with van der Waals surface area (Å²) in [5.74, 6) is 7.32. The van der Waals surface area contributed by atoms with Crippen molar-refractivity contribution in [2.75, 3.05) is 4.90 Å². The number of nitriles is 1. The molecule has 1 unspecified atom stereocenters. The van der Waals surface area contributed by atoms with Crippen molar-refractivity contribution >= 4 is 88.3 Å². The molecule has 5 nitrogen and oxygen atoms in total. The van der Waals surface area contributed by atoms with Crippen LogP contribution < -0.4 is 9.30 Å². The molecule has 1 atom stereocenters. The van der Waals surface area contributed by atoms with E-state index in [1.54, 1.807) is 17.4 Å². The molecule has 0 amide bonds. The number of fused-ring (bicyclic) bond motifs is 7. The smallest absolute Gasteiger partial charge is 3.00 e. The number of pyridine rings is 1. The van der Waals surface area contributed by atoms with Gasteiger partial charge in [0, 0.05) is 22.3 Å². The van der Waals surface area contributed by atoms with Crippen molar-refractivity contribution in [3.05, 3.63) is 191 Å². The van der Waals surface area contributed by atoms with Crippen LogP contribution in [0, 0.1) is 29.3 Å². The van der Waals surface area contributed by atoms with Crippen molar-refractivity contribution in [1.29, 1.82) is 5.26 Å². The van der Waals surface area contributed by atoms with Gasteiger partial charge in [-0.15, -0.1) is 11.3 Å². The van der Waals surface area contributed by atoms with Crippen LogP contribution in [0.4, 0.5) is 21.5 Å². The molecule has 10 aromatic rings. The van der Waals surface area contributed by atoms with Crippen LogP contribution in [0.25, 0.3) is 69.8 Å². The molecule has 0 bridgehead atoms. The maximum Gasteiger partial charge on any atom is 3.00 e. The predicted molar refractivity (Wildman–Crippen MR) is 276 cm³/mol. The minimum Gasteiger partial charge on any atom is 3.00 e. The Bertz CT molecular complexity index is 3470. The number of rotatable bonds is 7. The molecule has 0 fully saturated rings. The van der Waals surface area contributed by atoms with Gasteiger partial charge in [-0.3, -0.25) is 0 Å². The average molecular weight is 1130 g/mol. The number of hydrogen-bond acceptors (Lipinski definition) is 5. The number of thiophene rings is 1. The third kappa shape index (κ3) is 8.71. The van der Waals surface area contributed by atoms with E-state index in [4.69, 9.17) is 9.73 Å². The van der Waals surface area contributed by atoms with Gasteiger partial charge in [0.1, 0.15) is 5.58 Å². The third-order valence-electron chi connectivity index (χ3n) is 12.5. The van der Waals surface area contributed by atoms with E-state index >= 15 is 0 Å². The van der Waals surface area contributed by atoms with Gasteiger partial charge < -0.3 is 14.6 Å². The summed E-state index contributed by atoms with van der Waals surface area (Å²) in [7, 11) is 0. The predicted octanol–water partition coefficient (Wildman–Crippen LogP) is 16.6. The second-order valence-corrected chi connectivity index (χ2v) is 30.4. The second kappa shape index (κ2) is 18.5. The minimum atomic E-state index is -1.85. The Morgan fingerprint density at radius 3 is 2.12 bits per heavy atom. The summed E-state index contributed by atoms with van der Waals surface area (Å²) in [5.41, 5.74) is 14.4. The van der Waals surface area contributed by atoms with Gasteiger partial charge in [-0.05, 0) is 81.7 Å². The van der Waals surface area contributed by atoms with Crippen LogP contribution in [0.1, 0.15) is 68.0 Å². The van der Waals surface area contributed by atoms with Gasteiger partial charge in [0.25, 0.3) is 0 Å². The van der Waals surface area contributed by atoms with Gasteiger partial charge in [0.2, 0.25) is 0 Å². The molecular formula is C58H48FGeIrN4OS. The van der Waals surface area contributed by atoms with Gasteiger partial charge >= 0.3 is 132 Å². The standard InChI is InChI=1S/C44H35N3O.C14H13FGeNS.Ir/c1-27(2)37-24-33(32-20-18-31(19-21-32)30-11-6-5-7-12-30)25-38(28(3)4)42(37)47-40-16-9-8-15-39(40)46-44(47)36-14-10-13-35-34-22-17-29(26-45)23-41(34)48-43(35)36;1-16(2,3)10-7-13-14(17-8-10)11-5-4-9(15)6-12(11)18-13;/h5-13,15-25,27-28,44H,1-4H3;4,6-8H,1-3H3;/q-2;-1;+3. The molecule has 9 heteroatoms. The molecule has 0 aliphatic carbocycles. The van der Waals surface area contributed by atoms with E-state index in [2.05, 4.69) is 164 Å². The van der Waals surface area contributed by atoms with Crippen LogP contribution >= 0.6 is 11.3 Å². The van der Waals surface area contributed by atoms with Crippen molar-refractivity contribution < 1.29 is 28.9 Å². The number of anilines is 2. The van der Waals surface area contributed by atoms with E-state index in [1.165, 1.54) is 49.5 Å². The molecular weight excluding hydrogens is 1080 g/mol. The Hall–Kier alpha value is -6.08. The summed E-state index contributed by atoms with van der Waals surface area (Å²) in [4.78, 5) is 6.97. The molecule has 11 rings (SSSR count). The summed E-state index contributed by atoms with van der Waals surface area (Å²) in [5, 5.41) is 17.8. The van der Waals surface area contributed by atoms with Gasteiger partial charge in [-0.25, -0.2) is 0 Å². The number of hydrogen-bond donors (Lipinski definition) is 0. The van der Waals surface area contributed by atoms with Crippen LogP contribution in [0.5, 0.6) is 0 Å². The van der Waals surface area contributed by atoms with Crippen LogP contribution in [0.15, 0.2) is 150 Å². The summed E-state index contributed by atoms with van der Waals surface area (Å²) >= 11 is -0.247. The zero-order valence-electron chi connectivity index (χ0n) is 38.4. The number of nitrogens with zero attached hydrogens (tertiary/aromatic N) is 4. The molecule has 7 aromatic carbocycles. The molecule has 0 spiro atoms. The van der Waals surface area contributed by atoms with Gasteiger partial charge in [-0.2, -0.15) is 23.5 Å². The summed E-state index contributed by atoms with van der Waals surface area (Å²) in [6, 6.07) is 56.2. The van der Waals surface area contributed by atoms with E-state index in [0.29, 0.717) is 11.1 Å². The first-order valence-electron chi connectivity index (χ1n) is 22.5. The van der Waals surface area contributed by atoms with Gasteiger partial charge in [-0.1, -0.05) is 112 Å². The Balaban J connectivity index is 0.000000248. The second-order valence-electron chi connectivity index (χ2n) is 18.7. The zero-order chi connectivity index (χ0) is 45.9. The van der Waals surface area contributed by atoms with Crippen molar-refractivity contribution in [2.24, 2.45) is 0 Å². The van der Waals surface area contributed by atoms with E-state index in [-0.39, 0.29) is 43.9 Å². The number of benzene rings is 7. The molecule has 4 heterocycles. The van der Waals surface area contributed by atoms with Crippen LogP contribution in [0.2, 0.25) is 17.3 Å². The maximum absolute atomic E-state index is 13.2.